The molecule has 0 saturated carbocycles. The van der Waals surface area contributed by atoms with Crippen molar-refractivity contribution in [2.24, 2.45) is 0 Å². The number of fused-ring (bicyclic) bond motifs is 5. The summed E-state index contributed by atoms with van der Waals surface area (Å²) in [5, 5.41) is 0. The quantitative estimate of drug-likeness (QED) is 0.168. The first-order valence-electron chi connectivity index (χ1n) is 20.4. The standard InChI is InChI=1S/C57H41NO/c1-38-23-30-48-50(34-38)57(45-19-11-5-12-20-45,46-21-13-6-14-22-46)51-35-39(2)33-49(56(48)51)42-24-28-47(29-25-42)58-52-31-26-43(40-15-7-3-8-16-40)36-54(52)59-55-37-44(27-32-53(55)58)41-17-9-4-10-18-41/h3-37H,1-2H3. The highest BCUT2D eigenvalue weighted by Crippen LogP contribution is 2.59. The summed E-state index contributed by atoms with van der Waals surface area (Å²) in [6.07, 6.45) is 0. The molecule has 1 aliphatic carbocycles. The first-order valence-corrected chi connectivity index (χ1v) is 20.4. The number of ether oxygens (including phenoxy) is 1. The van der Waals surface area contributed by atoms with Gasteiger partial charge in [0.15, 0.2) is 11.5 Å². The fourth-order valence-electron chi connectivity index (χ4n) is 9.59. The molecule has 11 rings (SSSR count). The Morgan fingerprint density at radius 1 is 0.373 bits per heavy atom. The van der Waals surface area contributed by atoms with Crippen molar-refractivity contribution in [3.63, 3.8) is 0 Å². The summed E-state index contributed by atoms with van der Waals surface area (Å²) in [7, 11) is 0. The Balaban J connectivity index is 1.07. The average Bonchev–Trinajstić information content (AvgIpc) is 3.58. The molecule has 0 atom stereocenters. The number of hydrogen-bond acceptors (Lipinski definition) is 2. The highest BCUT2D eigenvalue weighted by molar-refractivity contribution is 5.97. The molecule has 0 unspecified atom stereocenters. The van der Waals surface area contributed by atoms with Crippen LogP contribution in [-0.2, 0) is 5.41 Å². The van der Waals surface area contributed by atoms with Gasteiger partial charge in [-0.05, 0) is 117 Å². The van der Waals surface area contributed by atoms with Crippen LogP contribution >= 0.6 is 0 Å². The van der Waals surface area contributed by atoms with Gasteiger partial charge in [-0.15, -0.1) is 0 Å². The largest absolute Gasteiger partial charge is 0.453 e. The van der Waals surface area contributed by atoms with Crippen molar-refractivity contribution in [3.05, 3.63) is 246 Å². The lowest BCUT2D eigenvalue weighted by molar-refractivity contribution is 0.477. The van der Waals surface area contributed by atoms with Gasteiger partial charge in [-0.3, -0.25) is 0 Å². The lowest BCUT2D eigenvalue weighted by Crippen LogP contribution is -2.28. The van der Waals surface area contributed by atoms with Crippen LogP contribution in [0, 0.1) is 13.8 Å². The third kappa shape index (κ3) is 5.63. The van der Waals surface area contributed by atoms with Crippen molar-refractivity contribution in [1.29, 1.82) is 0 Å². The smallest absolute Gasteiger partial charge is 0.152 e. The summed E-state index contributed by atoms with van der Waals surface area (Å²) in [6.45, 7) is 4.45. The van der Waals surface area contributed by atoms with Gasteiger partial charge in [0, 0.05) is 5.69 Å². The van der Waals surface area contributed by atoms with Crippen molar-refractivity contribution >= 4 is 17.1 Å². The van der Waals surface area contributed by atoms with E-state index in [2.05, 4.69) is 231 Å². The van der Waals surface area contributed by atoms with Crippen molar-refractivity contribution in [3.8, 4) is 56.0 Å². The third-order valence-electron chi connectivity index (χ3n) is 12.2. The third-order valence-corrected chi connectivity index (χ3v) is 12.2. The molecule has 2 nitrogen and oxygen atoms in total. The minimum atomic E-state index is -0.460. The Hall–Kier alpha value is -7.42. The van der Waals surface area contributed by atoms with Gasteiger partial charge < -0.3 is 9.64 Å². The maximum Gasteiger partial charge on any atom is 0.152 e. The first kappa shape index (κ1) is 34.8. The zero-order chi connectivity index (χ0) is 39.5. The van der Waals surface area contributed by atoms with Gasteiger partial charge in [-0.2, -0.15) is 0 Å². The molecule has 2 aliphatic rings. The van der Waals surface area contributed by atoms with E-state index in [1.807, 2.05) is 0 Å². The normalized spacial score (nSPS) is 13.2. The minimum Gasteiger partial charge on any atom is -0.453 e. The molecule has 59 heavy (non-hydrogen) atoms. The molecule has 0 aromatic heterocycles. The van der Waals surface area contributed by atoms with Crippen LogP contribution in [0.2, 0.25) is 0 Å². The maximum atomic E-state index is 6.80. The highest BCUT2D eigenvalue weighted by atomic mass is 16.5. The Bertz CT molecular complexity index is 2880. The van der Waals surface area contributed by atoms with Gasteiger partial charge in [0.05, 0.1) is 16.8 Å². The molecule has 9 aromatic carbocycles. The van der Waals surface area contributed by atoms with Gasteiger partial charge in [-0.1, -0.05) is 187 Å². The van der Waals surface area contributed by atoms with E-state index in [-0.39, 0.29) is 0 Å². The summed E-state index contributed by atoms with van der Waals surface area (Å²) in [5.74, 6) is 1.66. The number of anilines is 3. The Morgan fingerprint density at radius 3 is 1.41 bits per heavy atom. The summed E-state index contributed by atoms with van der Waals surface area (Å²) < 4.78 is 6.80. The van der Waals surface area contributed by atoms with E-state index in [1.165, 1.54) is 55.6 Å². The molecule has 9 aromatic rings. The number of hydrogen-bond donors (Lipinski definition) is 0. The molecule has 1 heterocycles. The second-order valence-corrected chi connectivity index (χ2v) is 15.8. The molecular weight excluding hydrogens is 715 g/mol. The number of benzene rings is 9. The first-order chi connectivity index (χ1) is 29.1. The molecule has 0 fully saturated rings. The average molecular weight is 756 g/mol. The van der Waals surface area contributed by atoms with Crippen LogP contribution in [0.25, 0.3) is 44.5 Å². The zero-order valence-corrected chi connectivity index (χ0v) is 33.1. The van der Waals surface area contributed by atoms with Crippen LogP contribution in [0.1, 0.15) is 33.4 Å². The summed E-state index contributed by atoms with van der Waals surface area (Å²) >= 11 is 0. The van der Waals surface area contributed by atoms with Crippen LogP contribution in [-0.4, -0.2) is 0 Å². The van der Waals surface area contributed by atoms with Crippen LogP contribution < -0.4 is 9.64 Å². The Morgan fingerprint density at radius 2 is 0.864 bits per heavy atom. The molecule has 280 valence electrons. The van der Waals surface area contributed by atoms with E-state index in [9.17, 15) is 0 Å². The molecule has 0 spiro atoms. The maximum absolute atomic E-state index is 6.80. The summed E-state index contributed by atoms with van der Waals surface area (Å²) in [4.78, 5) is 2.34. The molecule has 1 aliphatic heterocycles. The van der Waals surface area contributed by atoms with Gasteiger partial charge in [0.25, 0.3) is 0 Å². The number of rotatable bonds is 6. The Kier molecular flexibility index (Phi) is 8.20. The van der Waals surface area contributed by atoms with E-state index in [1.54, 1.807) is 0 Å². The lowest BCUT2D eigenvalue weighted by atomic mass is 9.67. The topological polar surface area (TPSA) is 12.5 Å². The van der Waals surface area contributed by atoms with Crippen LogP contribution in [0.15, 0.2) is 212 Å². The van der Waals surface area contributed by atoms with E-state index in [0.717, 1.165) is 50.8 Å². The molecule has 0 N–H and O–H groups in total. The molecule has 0 amide bonds. The van der Waals surface area contributed by atoms with Gasteiger partial charge in [0.1, 0.15) is 0 Å². The van der Waals surface area contributed by atoms with Crippen molar-refractivity contribution in [2.75, 3.05) is 4.90 Å². The van der Waals surface area contributed by atoms with Crippen LogP contribution in [0.5, 0.6) is 11.5 Å². The Labute approximate surface area is 346 Å². The number of aryl methyl sites for hydroxylation is 2. The number of nitrogens with zero attached hydrogens (tertiary/aromatic N) is 1. The fraction of sp³-hybridized carbons (Fsp3) is 0.0526. The van der Waals surface area contributed by atoms with Crippen molar-refractivity contribution in [2.45, 2.75) is 19.3 Å². The van der Waals surface area contributed by atoms with E-state index >= 15 is 0 Å². The predicted octanol–water partition coefficient (Wildman–Crippen LogP) is 15.2. The zero-order valence-electron chi connectivity index (χ0n) is 33.1. The van der Waals surface area contributed by atoms with Crippen molar-refractivity contribution in [1.82, 2.24) is 0 Å². The fourth-order valence-corrected chi connectivity index (χ4v) is 9.59. The summed E-state index contributed by atoms with van der Waals surface area (Å²) in [5.41, 5.74) is 19.9. The molecule has 2 heteroatoms. The van der Waals surface area contributed by atoms with Crippen LogP contribution in [0.3, 0.4) is 0 Å². The summed E-state index contributed by atoms with van der Waals surface area (Å²) in [6, 6.07) is 77.3. The van der Waals surface area contributed by atoms with E-state index < -0.39 is 5.41 Å². The molecular formula is C57H41NO. The minimum absolute atomic E-state index is 0.460. The van der Waals surface area contributed by atoms with Gasteiger partial charge >= 0.3 is 0 Å². The van der Waals surface area contributed by atoms with E-state index in [4.69, 9.17) is 4.74 Å². The van der Waals surface area contributed by atoms with Crippen molar-refractivity contribution < 1.29 is 4.74 Å². The molecule has 0 saturated heterocycles. The van der Waals surface area contributed by atoms with Gasteiger partial charge in [-0.25, -0.2) is 0 Å². The lowest BCUT2D eigenvalue weighted by Gasteiger charge is -2.34. The van der Waals surface area contributed by atoms with Crippen LogP contribution in [0.4, 0.5) is 17.1 Å². The van der Waals surface area contributed by atoms with E-state index in [0.29, 0.717) is 0 Å². The van der Waals surface area contributed by atoms with Gasteiger partial charge in [0.2, 0.25) is 0 Å². The second kappa shape index (κ2) is 13.9. The highest BCUT2D eigenvalue weighted by Gasteiger charge is 2.47. The molecule has 0 bridgehead atoms. The molecule has 0 radical (unpaired) electrons. The monoisotopic (exact) mass is 755 g/mol. The SMILES string of the molecule is Cc1ccc2c(c1)C(c1ccccc1)(c1ccccc1)c1cc(C)cc(-c3ccc(N4c5ccc(-c6ccccc6)cc5Oc5cc(-c6ccccc6)ccc54)cc3)c1-2. The second-order valence-electron chi connectivity index (χ2n) is 15.8. The predicted molar refractivity (Wildman–Crippen MR) is 244 cm³/mol.